The maximum absolute atomic E-state index is 12.5. The zero-order valence-corrected chi connectivity index (χ0v) is 11.6. The molecule has 0 atom stereocenters. The molecular weight excluding hydrogens is 238 g/mol. The summed E-state index contributed by atoms with van der Waals surface area (Å²) in [6.07, 6.45) is 6.03. The number of nitrogens with zero attached hydrogens (tertiary/aromatic N) is 2. The number of nitrogens with one attached hydrogen (secondary N) is 1. The largest absolute Gasteiger partial charge is 0.347 e. The second-order valence-corrected chi connectivity index (χ2v) is 5.96. The summed E-state index contributed by atoms with van der Waals surface area (Å²) >= 11 is 0. The van der Waals surface area contributed by atoms with Crippen LogP contribution >= 0.6 is 0 Å². The van der Waals surface area contributed by atoms with E-state index in [-0.39, 0.29) is 11.4 Å². The lowest BCUT2D eigenvalue weighted by Gasteiger charge is -2.26. The molecule has 0 unspecified atom stereocenters. The van der Waals surface area contributed by atoms with Crippen molar-refractivity contribution in [2.24, 2.45) is 5.92 Å². The van der Waals surface area contributed by atoms with Gasteiger partial charge >= 0.3 is 0 Å². The highest BCUT2D eigenvalue weighted by Gasteiger charge is 2.39. The average molecular weight is 257 g/mol. The first-order valence-electron chi connectivity index (χ1n) is 6.74. The molecule has 4 nitrogen and oxygen atoms in total. The average Bonchev–Trinajstić information content (AvgIpc) is 3.09. The molecule has 1 amide bonds. The molecule has 1 fully saturated rings. The number of imidazole rings is 1. The normalized spacial score (nSPS) is 15.7. The van der Waals surface area contributed by atoms with Crippen molar-refractivity contribution in [2.75, 3.05) is 0 Å². The molecule has 1 aliphatic rings. The van der Waals surface area contributed by atoms with E-state index in [1.54, 1.807) is 6.20 Å². The van der Waals surface area contributed by atoms with Gasteiger partial charge < -0.3 is 9.72 Å². The Bertz CT molecular complexity index is 638. The van der Waals surface area contributed by atoms with Crippen molar-refractivity contribution in [1.29, 1.82) is 0 Å². The number of carbonyl (C=O) groups is 1. The molecule has 0 spiro atoms. The molecule has 1 aliphatic carbocycles. The Morgan fingerprint density at radius 2 is 2.16 bits per heavy atom. The van der Waals surface area contributed by atoms with Crippen LogP contribution in [0.3, 0.4) is 0 Å². The fourth-order valence-corrected chi connectivity index (χ4v) is 2.59. The Kier molecular flexibility index (Phi) is 2.62. The predicted octanol–water partition coefficient (Wildman–Crippen LogP) is 2.56. The zero-order valence-electron chi connectivity index (χ0n) is 11.6. The van der Waals surface area contributed by atoms with E-state index in [1.807, 2.05) is 29.7 Å². The van der Waals surface area contributed by atoms with E-state index in [2.05, 4.69) is 24.1 Å². The number of hydrogen-bond acceptors (Lipinski definition) is 2. The number of aryl methyl sites for hydroxylation is 1. The molecule has 0 radical (unpaired) electrons. The lowest BCUT2D eigenvalue weighted by atomic mass is 9.98. The minimum absolute atomic E-state index is 0.0342. The van der Waals surface area contributed by atoms with Crippen LogP contribution < -0.4 is 5.32 Å². The molecule has 0 saturated heterocycles. The molecule has 1 N–H and O–H groups in total. The molecule has 3 rings (SSSR count). The number of carbonyl (C=O) groups excluding carboxylic acids is 1. The fourth-order valence-electron chi connectivity index (χ4n) is 2.59. The Hall–Kier alpha value is -1.84. The summed E-state index contributed by atoms with van der Waals surface area (Å²) in [5.74, 6) is 0.575. The molecule has 0 aliphatic heterocycles. The van der Waals surface area contributed by atoms with E-state index in [0.29, 0.717) is 11.5 Å². The Morgan fingerprint density at radius 3 is 2.84 bits per heavy atom. The van der Waals surface area contributed by atoms with Gasteiger partial charge in [0.15, 0.2) is 0 Å². The van der Waals surface area contributed by atoms with Gasteiger partial charge in [-0.2, -0.15) is 0 Å². The highest BCUT2D eigenvalue weighted by molar-refractivity contribution is 6.00. The fraction of sp³-hybridized carbons (Fsp3) is 0.467. The van der Waals surface area contributed by atoms with Gasteiger partial charge in [-0.15, -0.1) is 0 Å². The van der Waals surface area contributed by atoms with E-state index >= 15 is 0 Å². The number of amides is 1. The summed E-state index contributed by atoms with van der Waals surface area (Å²) in [7, 11) is 0. The van der Waals surface area contributed by atoms with Crippen molar-refractivity contribution in [2.45, 2.75) is 39.2 Å². The van der Waals surface area contributed by atoms with Crippen LogP contribution in [0, 0.1) is 12.8 Å². The van der Waals surface area contributed by atoms with E-state index in [0.717, 1.165) is 11.3 Å². The van der Waals surface area contributed by atoms with Gasteiger partial charge in [0.25, 0.3) is 5.91 Å². The van der Waals surface area contributed by atoms with Crippen LogP contribution in [0.25, 0.3) is 5.65 Å². The van der Waals surface area contributed by atoms with Gasteiger partial charge in [0.05, 0.1) is 5.56 Å². The van der Waals surface area contributed by atoms with Crippen LogP contribution in [0.15, 0.2) is 24.5 Å². The molecule has 4 heteroatoms. The molecule has 2 aromatic rings. The van der Waals surface area contributed by atoms with Gasteiger partial charge in [0.2, 0.25) is 0 Å². The highest BCUT2D eigenvalue weighted by Crippen LogP contribution is 2.39. The van der Waals surface area contributed by atoms with Gasteiger partial charge in [0.1, 0.15) is 5.65 Å². The van der Waals surface area contributed by atoms with E-state index in [9.17, 15) is 4.79 Å². The first kappa shape index (κ1) is 12.2. The van der Waals surface area contributed by atoms with Gasteiger partial charge in [0, 0.05) is 23.6 Å². The molecule has 19 heavy (non-hydrogen) atoms. The van der Waals surface area contributed by atoms with Crippen LogP contribution in [0.5, 0.6) is 0 Å². The summed E-state index contributed by atoms with van der Waals surface area (Å²) in [5.41, 5.74) is 2.31. The minimum Gasteiger partial charge on any atom is -0.347 e. The maximum Gasteiger partial charge on any atom is 0.255 e. The van der Waals surface area contributed by atoms with E-state index in [1.165, 1.54) is 12.8 Å². The predicted molar refractivity (Wildman–Crippen MR) is 74.2 cm³/mol. The SMILES string of the molecule is Cc1ccc(C(=O)NC(C)(C)C2CC2)c2nccn12. The monoisotopic (exact) mass is 257 g/mol. The van der Waals surface area contributed by atoms with Crippen LogP contribution in [0.2, 0.25) is 0 Å². The third-order valence-corrected chi connectivity index (χ3v) is 4.03. The van der Waals surface area contributed by atoms with Crippen LogP contribution in [-0.2, 0) is 0 Å². The number of aromatic nitrogens is 2. The van der Waals surface area contributed by atoms with Crippen molar-refractivity contribution in [3.8, 4) is 0 Å². The van der Waals surface area contributed by atoms with Gasteiger partial charge in [-0.3, -0.25) is 4.79 Å². The maximum atomic E-state index is 12.5. The lowest BCUT2D eigenvalue weighted by molar-refractivity contribution is 0.0904. The van der Waals surface area contributed by atoms with Crippen molar-refractivity contribution >= 4 is 11.6 Å². The van der Waals surface area contributed by atoms with Crippen molar-refractivity contribution in [1.82, 2.24) is 14.7 Å². The second kappa shape index (κ2) is 4.08. The molecule has 0 bridgehead atoms. The quantitative estimate of drug-likeness (QED) is 0.918. The van der Waals surface area contributed by atoms with E-state index < -0.39 is 0 Å². The third kappa shape index (κ3) is 2.11. The lowest BCUT2D eigenvalue weighted by Crippen LogP contribution is -2.45. The molecule has 100 valence electrons. The molecule has 2 aromatic heterocycles. The van der Waals surface area contributed by atoms with Gasteiger partial charge in [-0.05, 0) is 51.7 Å². The van der Waals surface area contributed by atoms with Crippen molar-refractivity contribution in [3.05, 3.63) is 35.8 Å². The highest BCUT2D eigenvalue weighted by atomic mass is 16.1. The minimum atomic E-state index is -0.133. The standard InChI is InChI=1S/C15H19N3O/c1-10-4-7-12(13-16-8-9-18(10)13)14(19)17-15(2,3)11-5-6-11/h4,7-9,11H,5-6H2,1-3H3,(H,17,19). The summed E-state index contributed by atoms with van der Waals surface area (Å²) in [6, 6.07) is 3.81. The molecule has 0 aromatic carbocycles. The summed E-state index contributed by atoms with van der Waals surface area (Å²) in [5, 5.41) is 3.14. The molecule has 1 saturated carbocycles. The van der Waals surface area contributed by atoms with Crippen LogP contribution in [0.1, 0.15) is 42.7 Å². The van der Waals surface area contributed by atoms with Gasteiger partial charge in [-0.1, -0.05) is 0 Å². The summed E-state index contributed by atoms with van der Waals surface area (Å²) < 4.78 is 1.94. The second-order valence-electron chi connectivity index (χ2n) is 5.96. The number of pyridine rings is 1. The summed E-state index contributed by atoms with van der Waals surface area (Å²) in [6.45, 7) is 6.20. The van der Waals surface area contributed by atoms with Crippen molar-refractivity contribution < 1.29 is 4.79 Å². The number of hydrogen-bond donors (Lipinski definition) is 1. The summed E-state index contributed by atoms with van der Waals surface area (Å²) in [4.78, 5) is 16.7. The van der Waals surface area contributed by atoms with E-state index in [4.69, 9.17) is 0 Å². The zero-order chi connectivity index (χ0) is 13.6. The topological polar surface area (TPSA) is 46.4 Å². The Labute approximate surface area is 112 Å². The third-order valence-electron chi connectivity index (χ3n) is 4.03. The number of rotatable bonds is 3. The van der Waals surface area contributed by atoms with Crippen LogP contribution in [0.4, 0.5) is 0 Å². The van der Waals surface area contributed by atoms with Crippen molar-refractivity contribution in [3.63, 3.8) is 0 Å². The van der Waals surface area contributed by atoms with Crippen LogP contribution in [-0.4, -0.2) is 20.8 Å². The number of fused-ring (bicyclic) bond motifs is 1. The first-order valence-corrected chi connectivity index (χ1v) is 6.74. The Morgan fingerprint density at radius 1 is 1.42 bits per heavy atom. The smallest absolute Gasteiger partial charge is 0.255 e. The molecular formula is C15H19N3O. The first-order chi connectivity index (χ1) is 8.99. The van der Waals surface area contributed by atoms with Gasteiger partial charge in [-0.25, -0.2) is 4.98 Å². The molecule has 2 heterocycles. The Balaban J connectivity index is 1.93.